The van der Waals surface area contributed by atoms with Crippen LogP contribution in [0.1, 0.15) is 219 Å². The molecule has 0 bridgehead atoms. The number of allylic oxidation sites excluding steroid dienone is 8. The Morgan fingerprint density at radius 2 is 0.839 bits per heavy atom. The van der Waals surface area contributed by atoms with Gasteiger partial charge in [0.2, 0.25) is 0 Å². The highest BCUT2D eigenvalue weighted by Crippen LogP contribution is 2.36. The Hall–Kier alpha value is -1.99. The lowest BCUT2D eigenvalue weighted by Crippen LogP contribution is -2.29. The Kier molecular flexibility index (Phi) is 41.1. The van der Waals surface area contributed by atoms with Crippen molar-refractivity contribution < 1.29 is 37.9 Å². The molecule has 0 aliphatic rings. The lowest BCUT2D eigenvalue weighted by Gasteiger charge is -2.18. The second-order valence-electron chi connectivity index (χ2n) is 15.4. The number of hydrogen-bond acceptors (Lipinski definition) is 6. The molecule has 8 nitrogen and oxygen atoms in total. The number of esters is 2. The van der Waals surface area contributed by atoms with Gasteiger partial charge in [0.15, 0.2) is 6.10 Å². The fraction of sp³-hybridized carbons (Fsp3) is 0.787. The predicted octanol–water partition coefficient (Wildman–Crippen LogP) is 14.3. The molecule has 0 radical (unpaired) electrons. The standard InChI is InChI=1S/C47H85O8P/c1-3-5-7-9-11-13-15-17-19-20-21-22-23-24-25-26-28-29-31-33-35-37-39-41-46(48)53-43-45(44-54-56(50,51)52)55-47(49)42-40-38-36-34-32-30-27-18-16-14-12-10-8-6-4-2/h18,26-28,32-35,45H,3-17,19-25,29-31,36-44H2,1-2H3,(H2,50,51,52)/b27-18+,28-26+,34-32+,35-33+/t45-/m1/s1. The Labute approximate surface area is 344 Å². The van der Waals surface area contributed by atoms with Gasteiger partial charge in [-0.25, -0.2) is 4.57 Å². The van der Waals surface area contributed by atoms with Crippen molar-refractivity contribution in [3.8, 4) is 0 Å². The van der Waals surface area contributed by atoms with Gasteiger partial charge in [-0.3, -0.25) is 14.1 Å². The Morgan fingerprint density at radius 3 is 1.30 bits per heavy atom. The fourth-order valence-corrected chi connectivity index (χ4v) is 6.73. The highest BCUT2D eigenvalue weighted by molar-refractivity contribution is 7.46. The third-order valence-electron chi connectivity index (χ3n) is 9.80. The zero-order chi connectivity index (χ0) is 41.1. The van der Waals surface area contributed by atoms with Crippen LogP contribution in [0.25, 0.3) is 0 Å². The number of hydrogen-bond donors (Lipinski definition) is 2. The number of rotatable bonds is 42. The van der Waals surface area contributed by atoms with E-state index in [2.05, 4.69) is 67.0 Å². The Bertz CT molecular complexity index is 1050. The van der Waals surface area contributed by atoms with Crippen LogP contribution < -0.4 is 0 Å². The summed E-state index contributed by atoms with van der Waals surface area (Å²) in [5.74, 6) is -0.970. The van der Waals surface area contributed by atoms with Gasteiger partial charge in [-0.05, 0) is 77.0 Å². The Morgan fingerprint density at radius 1 is 0.464 bits per heavy atom. The van der Waals surface area contributed by atoms with Crippen LogP contribution in [0, 0.1) is 0 Å². The van der Waals surface area contributed by atoms with Crippen molar-refractivity contribution in [1.29, 1.82) is 0 Å². The summed E-state index contributed by atoms with van der Waals surface area (Å²) in [4.78, 5) is 42.9. The summed E-state index contributed by atoms with van der Waals surface area (Å²) in [6, 6.07) is 0. The van der Waals surface area contributed by atoms with Gasteiger partial charge >= 0.3 is 19.8 Å². The molecule has 0 saturated carbocycles. The molecule has 0 fully saturated rings. The number of ether oxygens (including phenoxy) is 2. The summed E-state index contributed by atoms with van der Waals surface area (Å²) >= 11 is 0. The number of carbonyl (C=O) groups is 2. The van der Waals surface area contributed by atoms with Crippen LogP contribution in [0.2, 0.25) is 0 Å². The first-order valence-electron chi connectivity index (χ1n) is 22.9. The van der Waals surface area contributed by atoms with Gasteiger partial charge in [-0.2, -0.15) is 0 Å². The molecule has 0 spiro atoms. The molecule has 326 valence electrons. The molecule has 0 aliphatic carbocycles. The molecular weight excluding hydrogens is 723 g/mol. The van der Waals surface area contributed by atoms with E-state index in [1.165, 1.54) is 128 Å². The number of phosphoric ester groups is 1. The minimum atomic E-state index is -4.77. The molecule has 1 atom stereocenters. The SMILES string of the molecule is CCCCCCCC/C=C/C/C=C/CCCCC(=O)O[C@H](COC(=O)CCC/C=C/CC/C=C/CCCCCCCCCCCCCCCC)COP(=O)(O)O. The predicted molar refractivity (Wildman–Crippen MR) is 234 cm³/mol. The van der Waals surface area contributed by atoms with E-state index in [1.54, 1.807) is 0 Å². The average molecular weight is 809 g/mol. The molecule has 0 unspecified atom stereocenters. The van der Waals surface area contributed by atoms with Crippen molar-refractivity contribution in [3.63, 3.8) is 0 Å². The molecule has 0 aromatic carbocycles. The molecule has 0 aromatic rings. The summed E-state index contributed by atoms with van der Waals surface area (Å²) in [6.45, 7) is 3.63. The van der Waals surface area contributed by atoms with E-state index in [0.29, 0.717) is 12.8 Å². The van der Waals surface area contributed by atoms with E-state index in [1.807, 2.05) is 0 Å². The zero-order valence-electron chi connectivity index (χ0n) is 36.0. The van der Waals surface area contributed by atoms with Gasteiger partial charge in [-0.1, -0.05) is 178 Å². The molecule has 2 N–H and O–H groups in total. The summed E-state index contributed by atoms with van der Waals surface area (Å²) in [5, 5.41) is 0. The Balaban J connectivity index is 3.94. The van der Waals surface area contributed by atoms with Crippen LogP contribution in [0.4, 0.5) is 0 Å². The van der Waals surface area contributed by atoms with Crippen molar-refractivity contribution in [2.45, 2.75) is 225 Å². The monoisotopic (exact) mass is 809 g/mol. The van der Waals surface area contributed by atoms with Crippen molar-refractivity contribution in [1.82, 2.24) is 0 Å². The van der Waals surface area contributed by atoms with E-state index in [9.17, 15) is 14.2 Å². The second-order valence-corrected chi connectivity index (χ2v) is 16.6. The maximum absolute atomic E-state index is 12.4. The molecule has 9 heteroatoms. The third-order valence-corrected chi connectivity index (χ3v) is 10.3. The van der Waals surface area contributed by atoms with Crippen molar-refractivity contribution in [2.24, 2.45) is 0 Å². The van der Waals surface area contributed by atoms with Crippen LogP contribution in [0.15, 0.2) is 48.6 Å². The smallest absolute Gasteiger partial charge is 0.462 e. The minimum absolute atomic E-state index is 0.161. The van der Waals surface area contributed by atoms with Crippen molar-refractivity contribution in [3.05, 3.63) is 48.6 Å². The molecule has 0 aromatic heterocycles. The van der Waals surface area contributed by atoms with Gasteiger partial charge in [0.05, 0.1) is 6.61 Å². The van der Waals surface area contributed by atoms with E-state index >= 15 is 0 Å². The first-order chi connectivity index (χ1) is 27.3. The molecule has 0 saturated heterocycles. The number of unbranched alkanes of at least 4 members (excludes halogenated alkanes) is 24. The van der Waals surface area contributed by atoms with Gasteiger partial charge in [0.25, 0.3) is 0 Å². The summed E-state index contributed by atoms with van der Waals surface area (Å²) in [6.07, 6.45) is 52.9. The molecule has 0 rings (SSSR count). The maximum atomic E-state index is 12.4. The topological polar surface area (TPSA) is 119 Å². The molecule has 56 heavy (non-hydrogen) atoms. The van der Waals surface area contributed by atoms with E-state index < -0.39 is 32.5 Å². The van der Waals surface area contributed by atoms with Crippen LogP contribution in [-0.4, -0.2) is 41.0 Å². The van der Waals surface area contributed by atoms with Gasteiger partial charge in [0.1, 0.15) is 6.61 Å². The van der Waals surface area contributed by atoms with E-state index in [4.69, 9.17) is 19.3 Å². The highest BCUT2D eigenvalue weighted by Gasteiger charge is 2.22. The molecule has 0 heterocycles. The maximum Gasteiger partial charge on any atom is 0.469 e. The minimum Gasteiger partial charge on any atom is -0.462 e. The first-order valence-corrected chi connectivity index (χ1v) is 24.5. The number of carbonyl (C=O) groups excluding carboxylic acids is 2. The van der Waals surface area contributed by atoms with Crippen LogP contribution >= 0.6 is 7.82 Å². The third kappa shape index (κ3) is 44.7. The lowest BCUT2D eigenvalue weighted by atomic mass is 10.0. The van der Waals surface area contributed by atoms with Gasteiger partial charge < -0.3 is 19.3 Å². The van der Waals surface area contributed by atoms with E-state index in [0.717, 1.165) is 51.4 Å². The van der Waals surface area contributed by atoms with Crippen LogP contribution in [-0.2, 0) is 28.2 Å². The quantitative estimate of drug-likeness (QED) is 0.0271. The van der Waals surface area contributed by atoms with Crippen molar-refractivity contribution >= 4 is 19.8 Å². The van der Waals surface area contributed by atoms with Crippen LogP contribution in [0.5, 0.6) is 0 Å². The summed E-state index contributed by atoms with van der Waals surface area (Å²) in [7, 11) is -4.77. The van der Waals surface area contributed by atoms with Crippen molar-refractivity contribution in [2.75, 3.05) is 13.2 Å². The molecule has 0 aliphatic heterocycles. The van der Waals surface area contributed by atoms with Gasteiger partial charge in [-0.15, -0.1) is 0 Å². The normalized spacial score (nSPS) is 12.9. The lowest BCUT2D eigenvalue weighted by molar-refractivity contribution is -0.161. The summed E-state index contributed by atoms with van der Waals surface area (Å²) in [5.41, 5.74) is 0. The van der Waals surface area contributed by atoms with Crippen LogP contribution in [0.3, 0.4) is 0 Å². The average Bonchev–Trinajstić information content (AvgIpc) is 3.17. The highest BCUT2D eigenvalue weighted by atomic mass is 31.2. The largest absolute Gasteiger partial charge is 0.469 e. The molecular formula is C47H85O8P. The molecule has 0 amide bonds. The first kappa shape index (κ1) is 54.0. The second kappa shape index (κ2) is 42.6. The summed E-state index contributed by atoms with van der Waals surface area (Å²) < 4.78 is 26.3. The number of phosphoric acid groups is 1. The fourth-order valence-electron chi connectivity index (χ4n) is 6.36. The zero-order valence-corrected chi connectivity index (χ0v) is 36.9. The van der Waals surface area contributed by atoms with Gasteiger partial charge in [0, 0.05) is 12.8 Å². The van der Waals surface area contributed by atoms with E-state index in [-0.39, 0.29) is 19.4 Å².